The molecule has 39 heavy (non-hydrogen) atoms. The molecule has 0 amide bonds. The van der Waals surface area contributed by atoms with E-state index in [0.717, 1.165) is 45.2 Å². The summed E-state index contributed by atoms with van der Waals surface area (Å²) in [5.41, 5.74) is 6.28. The number of aromatic nitrogens is 4. The fourth-order valence-corrected chi connectivity index (χ4v) is 5.07. The number of pyridine rings is 1. The molecule has 0 saturated heterocycles. The summed E-state index contributed by atoms with van der Waals surface area (Å²) in [6.45, 7) is 3.91. The van der Waals surface area contributed by atoms with Crippen molar-refractivity contribution in [3.63, 3.8) is 0 Å². The van der Waals surface area contributed by atoms with E-state index in [9.17, 15) is 0 Å². The van der Waals surface area contributed by atoms with E-state index in [1.807, 2.05) is 80.7 Å². The normalized spacial score (nSPS) is 11.3. The summed E-state index contributed by atoms with van der Waals surface area (Å²) in [5.74, 6) is 1.44. The summed E-state index contributed by atoms with van der Waals surface area (Å²) >= 11 is 0. The first kappa shape index (κ1) is 24.3. The molecule has 6 aromatic rings. The van der Waals surface area contributed by atoms with Gasteiger partial charge in [-0.2, -0.15) is 15.0 Å². The van der Waals surface area contributed by atoms with Crippen molar-refractivity contribution in [3.05, 3.63) is 167 Å². The molecule has 0 bridgehead atoms. The van der Waals surface area contributed by atoms with Crippen molar-refractivity contribution >= 4 is 0 Å². The Bertz CT molecular complexity index is 1580. The molecule has 0 fully saturated rings. The summed E-state index contributed by atoms with van der Waals surface area (Å²) in [7, 11) is 0. The smallest absolute Gasteiger partial charge is 0.129 e. The number of benzene rings is 4. The van der Waals surface area contributed by atoms with E-state index < -0.39 is 5.41 Å². The highest BCUT2D eigenvalue weighted by Gasteiger charge is 2.39. The Labute approximate surface area is 228 Å². The lowest BCUT2D eigenvalue weighted by Gasteiger charge is -2.35. The van der Waals surface area contributed by atoms with Crippen LogP contribution in [-0.4, -0.2) is 20.0 Å². The molecule has 0 aliphatic heterocycles. The number of aryl methyl sites for hydroxylation is 2. The highest BCUT2D eigenvalue weighted by Crippen LogP contribution is 2.45. The largest absolute Gasteiger partial charge is 0.457 e. The summed E-state index contributed by atoms with van der Waals surface area (Å²) in [5, 5.41) is 9.04. The van der Waals surface area contributed by atoms with Gasteiger partial charge in [-0.15, -0.1) is 0 Å². The Hall–Kier alpha value is -5.03. The molecule has 0 unspecified atom stereocenters. The zero-order valence-corrected chi connectivity index (χ0v) is 21.9. The third kappa shape index (κ3) is 4.59. The van der Waals surface area contributed by atoms with Gasteiger partial charge < -0.3 is 4.74 Å². The van der Waals surface area contributed by atoms with Crippen LogP contribution in [0.25, 0.3) is 5.69 Å². The van der Waals surface area contributed by atoms with Crippen LogP contribution >= 0.6 is 0 Å². The molecular formula is C34H28N4O. The van der Waals surface area contributed by atoms with E-state index in [1.165, 1.54) is 0 Å². The molecule has 5 nitrogen and oxygen atoms in total. The molecular weight excluding hydrogens is 480 g/mol. The SMILES string of the molecule is Cc1nn(-c2cccc(Oc3cccc(C(c4ccccc4)(c4ccccc4)c4ccccn4)c3)c2)nc1C. The predicted octanol–water partition coefficient (Wildman–Crippen LogP) is 7.45. The number of nitrogens with zero attached hydrogens (tertiary/aromatic N) is 4. The van der Waals surface area contributed by atoms with Gasteiger partial charge in [0.15, 0.2) is 0 Å². The molecule has 2 heterocycles. The molecule has 4 aromatic carbocycles. The van der Waals surface area contributed by atoms with Crippen LogP contribution in [0.1, 0.15) is 33.8 Å². The zero-order chi connectivity index (χ0) is 26.7. The lowest BCUT2D eigenvalue weighted by molar-refractivity contribution is 0.480. The number of hydrogen-bond donors (Lipinski definition) is 0. The van der Waals surface area contributed by atoms with Crippen LogP contribution in [0.4, 0.5) is 0 Å². The second kappa shape index (κ2) is 10.4. The Morgan fingerprint density at radius 2 is 1.13 bits per heavy atom. The topological polar surface area (TPSA) is 52.8 Å². The number of ether oxygens (including phenoxy) is 1. The van der Waals surface area contributed by atoms with Gasteiger partial charge >= 0.3 is 0 Å². The minimum atomic E-state index is -0.640. The lowest BCUT2D eigenvalue weighted by Crippen LogP contribution is -2.32. The summed E-state index contributed by atoms with van der Waals surface area (Å²) in [6, 6.07) is 43.3. The summed E-state index contributed by atoms with van der Waals surface area (Å²) < 4.78 is 6.43. The van der Waals surface area contributed by atoms with E-state index in [1.54, 1.807) is 4.80 Å². The van der Waals surface area contributed by atoms with Gasteiger partial charge in [0, 0.05) is 12.3 Å². The van der Waals surface area contributed by atoms with Crippen molar-refractivity contribution in [2.75, 3.05) is 0 Å². The first-order chi connectivity index (χ1) is 19.1. The van der Waals surface area contributed by atoms with Gasteiger partial charge in [-0.25, -0.2) is 0 Å². The van der Waals surface area contributed by atoms with E-state index >= 15 is 0 Å². The van der Waals surface area contributed by atoms with Gasteiger partial charge in [0.2, 0.25) is 0 Å². The maximum Gasteiger partial charge on any atom is 0.129 e. The Balaban J connectivity index is 1.48. The predicted molar refractivity (Wildman–Crippen MR) is 153 cm³/mol. The van der Waals surface area contributed by atoms with Gasteiger partial charge in [-0.3, -0.25) is 4.98 Å². The van der Waals surface area contributed by atoms with Gasteiger partial charge in [0.25, 0.3) is 0 Å². The van der Waals surface area contributed by atoms with Crippen LogP contribution in [0.15, 0.2) is 134 Å². The Kier molecular flexibility index (Phi) is 6.47. The molecule has 2 aromatic heterocycles. The van der Waals surface area contributed by atoms with Crippen LogP contribution in [0.5, 0.6) is 11.5 Å². The minimum Gasteiger partial charge on any atom is -0.457 e. The summed E-state index contributed by atoms with van der Waals surface area (Å²) in [6.07, 6.45) is 1.86. The van der Waals surface area contributed by atoms with E-state index in [-0.39, 0.29) is 0 Å². The zero-order valence-electron chi connectivity index (χ0n) is 21.9. The van der Waals surface area contributed by atoms with Gasteiger partial charge in [-0.1, -0.05) is 84.9 Å². The third-order valence-corrected chi connectivity index (χ3v) is 7.03. The molecule has 0 aliphatic carbocycles. The van der Waals surface area contributed by atoms with Crippen LogP contribution < -0.4 is 4.74 Å². The third-order valence-electron chi connectivity index (χ3n) is 7.03. The van der Waals surface area contributed by atoms with Gasteiger partial charge in [-0.05, 0) is 66.9 Å². The monoisotopic (exact) mass is 508 g/mol. The molecule has 0 N–H and O–H groups in total. The minimum absolute atomic E-state index is 0.640. The standard InChI is InChI=1S/C34H28N4O/c1-25-26(2)37-38(36-25)30-18-12-20-32(24-30)39-31-19-11-17-29(23-31)34(27-13-5-3-6-14-27,28-15-7-4-8-16-28)33-21-9-10-22-35-33/h3-24H,1-2H3. The van der Waals surface area contributed by atoms with Crippen LogP contribution in [-0.2, 0) is 5.41 Å². The van der Waals surface area contributed by atoms with Crippen molar-refractivity contribution in [2.24, 2.45) is 0 Å². The Morgan fingerprint density at radius 3 is 1.74 bits per heavy atom. The average Bonchev–Trinajstić information content (AvgIpc) is 3.33. The van der Waals surface area contributed by atoms with Crippen molar-refractivity contribution in [2.45, 2.75) is 19.3 Å². The number of hydrogen-bond acceptors (Lipinski definition) is 4. The molecule has 0 radical (unpaired) electrons. The van der Waals surface area contributed by atoms with Crippen LogP contribution in [0.3, 0.4) is 0 Å². The molecule has 0 spiro atoms. The molecule has 0 atom stereocenters. The first-order valence-electron chi connectivity index (χ1n) is 13.0. The Morgan fingerprint density at radius 1 is 0.564 bits per heavy atom. The maximum atomic E-state index is 6.43. The van der Waals surface area contributed by atoms with Crippen molar-refractivity contribution in [1.29, 1.82) is 0 Å². The second-order valence-corrected chi connectivity index (χ2v) is 9.48. The van der Waals surface area contributed by atoms with Crippen molar-refractivity contribution in [3.8, 4) is 17.2 Å². The van der Waals surface area contributed by atoms with Crippen molar-refractivity contribution < 1.29 is 4.74 Å². The first-order valence-corrected chi connectivity index (χ1v) is 13.0. The molecule has 6 rings (SSSR count). The highest BCUT2D eigenvalue weighted by atomic mass is 16.5. The lowest BCUT2D eigenvalue weighted by atomic mass is 9.67. The number of rotatable bonds is 7. The van der Waals surface area contributed by atoms with E-state index in [4.69, 9.17) is 9.72 Å². The van der Waals surface area contributed by atoms with Crippen LogP contribution in [0, 0.1) is 13.8 Å². The van der Waals surface area contributed by atoms with Gasteiger partial charge in [0.05, 0.1) is 28.2 Å². The molecule has 0 saturated carbocycles. The quantitative estimate of drug-likeness (QED) is 0.210. The molecule has 190 valence electrons. The average molecular weight is 509 g/mol. The molecule has 5 heteroatoms. The van der Waals surface area contributed by atoms with Crippen LogP contribution in [0.2, 0.25) is 0 Å². The summed E-state index contributed by atoms with van der Waals surface area (Å²) in [4.78, 5) is 6.53. The van der Waals surface area contributed by atoms with E-state index in [2.05, 4.69) is 76.9 Å². The van der Waals surface area contributed by atoms with Gasteiger partial charge in [0.1, 0.15) is 11.5 Å². The van der Waals surface area contributed by atoms with Crippen molar-refractivity contribution in [1.82, 2.24) is 20.0 Å². The molecule has 0 aliphatic rings. The second-order valence-electron chi connectivity index (χ2n) is 9.48. The fourth-order valence-electron chi connectivity index (χ4n) is 5.07. The van der Waals surface area contributed by atoms with E-state index in [0.29, 0.717) is 5.75 Å². The maximum absolute atomic E-state index is 6.43. The highest BCUT2D eigenvalue weighted by molar-refractivity contribution is 5.59. The fraction of sp³-hybridized carbons (Fsp3) is 0.0882.